The van der Waals surface area contributed by atoms with Gasteiger partial charge in [0.2, 0.25) is 21.8 Å². The largest absolute Gasteiger partial charge is 0.449 e. The van der Waals surface area contributed by atoms with E-state index in [9.17, 15) is 26.4 Å². The Morgan fingerprint density at radius 2 is 1.79 bits per heavy atom. The van der Waals surface area contributed by atoms with Gasteiger partial charge in [-0.05, 0) is 36.8 Å². The number of alkyl halides is 3. The number of fused-ring (bicyclic) bond motifs is 1. The van der Waals surface area contributed by atoms with Gasteiger partial charge < -0.3 is 9.88 Å². The normalized spacial score (nSPS) is 12.5. The zero-order valence-corrected chi connectivity index (χ0v) is 19.3. The van der Waals surface area contributed by atoms with Crippen molar-refractivity contribution in [2.75, 3.05) is 18.4 Å². The van der Waals surface area contributed by atoms with E-state index >= 15 is 0 Å². The van der Waals surface area contributed by atoms with Crippen LogP contribution >= 0.6 is 0 Å². The second-order valence-electron chi connectivity index (χ2n) is 7.44. The second kappa shape index (κ2) is 9.52. The molecule has 3 rings (SSSR count). The summed E-state index contributed by atoms with van der Waals surface area (Å²) in [6.45, 7) is 5.36. The van der Waals surface area contributed by atoms with Crippen molar-refractivity contribution in [1.82, 2.24) is 13.9 Å². The van der Waals surface area contributed by atoms with Crippen molar-refractivity contribution >= 4 is 32.7 Å². The van der Waals surface area contributed by atoms with Gasteiger partial charge >= 0.3 is 6.18 Å². The lowest BCUT2D eigenvalue weighted by molar-refractivity contribution is -0.147. The van der Waals surface area contributed by atoms with Gasteiger partial charge in [-0.15, -0.1) is 0 Å². The van der Waals surface area contributed by atoms with Gasteiger partial charge in [0.1, 0.15) is 0 Å². The van der Waals surface area contributed by atoms with Crippen molar-refractivity contribution in [2.24, 2.45) is 0 Å². The SMILES string of the molecule is CCN(CC)S(=O)(=O)c1ccc2c(c1)nc(C(F)(F)F)n2CCC(=O)Nc1ccccc1C. The summed E-state index contributed by atoms with van der Waals surface area (Å²) in [5.74, 6) is -1.63. The number of carbonyl (C=O) groups excluding carboxylic acids is 1. The molecule has 1 heterocycles. The number of nitrogens with one attached hydrogen (secondary N) is 1. The molecule has 2 aromatic carbocycles. The van der Waals surface area contributed by atoms with E-state index in [1.165, 1.54) is 16.4 Å². The molecule has 1 N–H and O–H groups in total. The molecule has 11 heteroatoms. The van der Waals surface area contributed by atoms with Gasteiger partial charge in [0, 0.05) is 31.7 Å². The Morgan fingerprint density at radius 3 is 2.39 bits per heavy atom. The molecule has 0 aliphatic rings. The summed E-state index contributed by atoms with van der Waals surface area (Å²) in [6.07, 6.45) is -4.99. The highest BCUT2D eigenvalue weighted by molar-refractivity contribution is 7.89. The van der Waals surface area contributed by atoms with Gasteiger partial charge in [0.15, 0.2) is 0 Å². The van der Waals surface area contributed by atoms with Gasteiger partial charge in [-0.3, -0.25) is 4.79 Å². The number of carbonyl (C=O) groups is 1. The minimum absolute atomic E-state index is 0.101. The number of aryl methyl sites for hydroxylation is 2. The van der Waals surface area contributed by atoms with Gasteiger partial charge in [-0.2, -0.15) is 17.5 Å². The molecule has 1 aromatic heterocycles. The first kappa shape index (κ1) is 24.7. The number of imidazole rings is 1. The van der Waals surface area contributed by atoms with Crippen LogP contribution in [0.25, 0.3) is 11.0 Å². The minimum Gasteiger partial charge on any atom is -0.326 e. The molecule has 7 nitrogen and oxygen atoms in total. The zero-order valence-electron chi connectivity index (χ0n) is 18.5. The molecule has 0 atom stereocenters. The van der Waals surface area contributed by atoms with E-state index in [1.807, 2.05) is 19.1 Å². The predicted octanol–water partition coefficient (Wildman–Crippen LogP) is 4.42. The number of halogens is 3. The summed E-state index contributed by atoms with van der Waals surface area (Å²) in [5, 5.41) is 2.69. The van der Waals surface area contributed by atoms with E-state index in [0.717, 1.165) is 16.2 Å². The molecule has 0 fully saturated rings. The van der Waals surface area contributed by atoms with Gasteiger partial charge in [-0.25, -0.2) is 13.4 Å². The average Bonchev–Trinajstić information content (AvgIpc) is 3.13. The zero-order chi connectivity index (χ0) is 24.4. The topological polar surface area (TPSA) is 84.3 Å². The quantitative estimate of drug-likeness (QED) is 0.515. The van der Waals surface area contributed by atoms with Crippen molar-refractivity contribution in [2.45, 2.75) is 44.8 Å². The standard InChI is InChI=1S/C22H25F3N4O3S/c1-4-28(5-2)33(31,32)16-10-11-19-18(14-16)27-21(22(23,24)25)29(19)13-12-20(30)26-17-9-7-6-8-15(17)3/h6-11,14H,4-5,12-13H2,1-3H3,(H,26,30). The highest BCUT2D eigenvalue weighted by Crippen LogP contribution is 2.33. The van der Waals surface area contributed by atoms with Crippen molar-refractivity contribution in [1.29, 1.82) is 0 Å². The highest BCUT2D eigenvalue weighted by Gasteiger charge is 2.38. The van der Waals surface area contributed by atoms with Crippen LogP contribution in [0.5, 0.6) is 0 Å². The third-order valence-corrected chi connectivity index (χ3v) is 7.34. The third-order valence-electron chi connectivity index (χ3n) is 5.30. The van der Waals surface area contributed by atoms with Crippen LogP contribution in [0, 0.1) is 6.92 Å². The average molecular weight is 483 g/mol. The first-order valence-corrected chi connectivity index (χ1v) is 11.9. The Balaban J connectivity index is 1.93. The van der Waals surface area contributed by atoms with Crippen LogP contribution < -0.4 is 5.32 Å². The van der Waals surface area contributed by atoms with Crippen molar-refractivity contribution in [3.63, 3.8) is 0 Å². The lowest BCUT2D eigenvalue weighted by Gasteiger charge is -2.18. The first-order valence-electron chi connectivity index (χ1n) is 10.4. The fourth-order valence-electron chi connectivity index (χ4n) is 3.56. The fraction of sp³-hybridized carbons (Fsp3) is 0.364. The number of anilines is 1. The number of rotatable bonds is 8. The molecule has 3 aromatic rings. The van der Waals surface area contributed by atoms with Crippen LogP contribution in [-0.4, -0.2) is 41.3 Å². The molecule has 0 aliphatic carbocycles. The highest BCUT2D eigenvalue weighted by atomic mass is 32.2. The van der Waals surface area contributed by atoms with E-state index in [4.69, 9.17) is 0 Å². The summed E-state index contributed by atoms with van der Waals surface area (Å²) in [6, 6.07) is 10.8. The van der Waals surface area contributed by atoms with Crippen LogP contribution in [0.3, 0.4) is 0 Å². The molecule has 0 bridgehead atoms. The van der Waals surface area contributed by atoms with Crippen LogP contribution in [0.15, 0.2) is 47.4 Å². The number of aromatic nitrogens is 2. The molecular weight excluding hydrogens is 457 g/mol. The maximum absolute atomic E-state index is 13.7. The van der Waals surface area contributed by atoms with E-state index in [2.05, 4.69) is 10.3 Å². The Morgan fingerprint density at radius 1 is 1.12 bits per heavy atom. The van der Waals surface area contributed by atoms with E-state index in [-0.39, 0.29) is 42.0 Å². The minimum atomic E-state index is -4.77. The molecular formula is C22H25F3N4O3S. The summed E-state index contributed by atoms with van der Waals surface area (Å²) in [5.41, 5.74) is 1.41. The molecule has 33 heavy (non-hydrogen) atoms. The Labute approximate surface area is 190 Å². The number of sulfonamides is 1. The van der Waals surface area contributed by atoms with Crippen LogP contribution in [0.4, 0.5) is 18.9 Å². The predicted molar refractivity (Wildman–Crippen MR) is 119 cm³/mol. The maximum Gasteiger partial charge on any atom is 0.449 e. The van der Waals surface area contributed by atoms with E-state index < -0.39 is 27.9 Å². The van der Waals surface area contributed by atoms with Gasteiger partial charge in [0.25, 0.3) is 0 Å². The third kappa shape index (κ3) is 5.19. The molecule has 0 aliphatic heterocycles. The number of hydrogen-bond acceptors (Lipinski definition) is 4. The lowest BCUT2D eigenvalue weighted by Crippen LogP contribution is -2.30. The Hall–Kier alpha value is -2.92. The summed E-state index contributed by atoms with van der Waals surface area (Å²) < 4.78 is 68.7. The molecule has 0 radical (unpaired) electrons. The second-order valence-corrected chi connectivity index (χ2v) is 9.38. The molecule has 178 valence electrons. The summed E-state index contributed by atoms with van der Waals surface area (Å²) >= 11 is 0. The van der Waals surface area contributed by atoms with E-state index in [0.29, 0.717) is 5.69 Å². The van der Waals surface area contributed by atoms with Crippen molar-refractivity contribution in [3.05, 3.63) is 53.9 Å². The Kier molecular flexibility index (Phi) is 7.13. The fourth-order valence-corrected chi connectivity index (χ4v) is 5.04. The van der Waals surface area contributed by atoms with Crippen molar-refractivity contribution < 1.29 is 26.4 Å². The van der Waals surface area contributed by atoms with Gasteiger partial charge in [-0.1, -0.05) is 32.0 Å². The van der Waals surface area contributed by atoms with Gasteiger partial charge in [0.05, 0.1) is 15.9 Å². The number of nitrogens with zero attached hydrogens (tertiary/aromatic N) is 3. The number of para-hydroxylation sites is 1. The van der Waals surface area contributed by atoms with E-state index in [1.54, 1.807) is 26.0 Å². The monoisotopic (exact) mass is 482 g/mol. The lowest BCUT2D eigenvalue weighted by atomic mass is 10.2. The summed E-state index contributed by atoms with van der Waals surface area (Å²) in [7, 11) is -3.86. The first-order chi connectivity index (χ1) is 15.5. The number of benzene rings is 2. The van der Waals surface area contributed by atoms with Crippen molar-refractivity contribution in [3.8, 4) is 0 Å². The molecule has 0 saturated heterocycles. The summed E-state index contributed by atoms with van der Waals surface area (Å²) in [4.78, 5) is 15.9. The Bertz CT molecular complexity index is 1270. The van der Waals surface area contributed by atoms with Crippen LogP contribution in [0.1, 0.15) is 31.7 Å². The smallest absolute Gasteiger partial charge is 0.326 e. The number of amides is 1. The maximum atomic E-state index is 13.7. The number of hydrogen-bond donors (Lipinski definition) is 1. The molecule has 1 amide bonds. The molecule has 0 saturated carbocycles. The molecule has 0 unspecified atom stereocenters. The van der Waals surface area contributed by atoms with Crippen LogP contribution in [0.2, 0.25) is 0 Å². The molecule has 0 spiro atoms. The van der Waals surface area contributed by atoms with Crippen LogP contribution in [-0.2, 0) is 27.5 Å².